The molecular weight excluding hydrogens is 413 g/mol. The summed E-state index contributed by atoms with van der Waals surface area (Å²) in [6.45, 7) is 1.12. The van der Waals surface area contributed by atoms with E-state index in [2.05, 4.69) is 0 Å². The lowest BCUT2D eigenvalue weighted by Gasteiger charge is -2.13. The summed E-state index contributed by atoms with van der Waals surface area (Å²) in [6.07, 6.45) is 2.43. The lowest BCUT2D eigenvalue weighted by atomic mass is 10.2. The highest BCUT2D eigenvalue weighted by Gasteiger charge is 2.31. The van der Waals surface area contributed by atoms with Crippen LogP contribution >= 0.6 is 47.2 Å². The summed E-state index contributed by atoms with van der Waals surface area (Å²) in [5, 5.41) is 1.06. The Morgan fingerprint density at radius 1 is 1.31 bits per heavy atom. The van der Waals surface area contributed by atoms with Crippen LogP contribution in [0.5, 0.6) is 0 Å². The van der Waals surface area contributed by atoms with Gasteiger partial charge in [-0.2, -0.15) is 0 Å². The minimum atomic E-state index is -0.112. The molecule has 8 heteroatoms. The monoisotopic (exact) mass is 427 g/mol. The third kappa shape index (κ3) is 4.32. The number of nitrogens with zero attached hydrogens (tertiary/aromatic N) is 1. The van der Waals surface area contributed by atoms with Crippen LogP contribution in [0.2, 0.25) is 10.0 Å². The van der Waals surface area contributed by atoms with Gasteiger partial charge >= 0.3 is 0 Å². The van der Waals surface area contributed by atoms with Gasteiger partial charge in [0.2, 0.25) is 0 Å². The molecule has 0 bridgehead atoms. The second kappa shape index (κ2) is 8.59. The van der Waals surface area contributed by atoms with Gasteiger partial charge in [0.05, 0.1) is 9.93 Å². The summed E-state index contributed by atoms with van der Waals surface area (Å²) >= 11 is 18.7. The minimum absolute atomic E-state index is 0.112. The molecule has 1 aromatic heterocycles. The van der Waals surface area contributed by atoms with Gasteiger partial charge in [0, 0.05) is 36.9 Å². The fourth-order valence-corrected chi connectivity index (χ4v) is 4.24. The van der Waals surface area contributed by atoms with Crippen LogP contribution in [0.1, 0.15) is 12.2 Å². The first kappa shape index (κ1) is 19.5. The Morgan fingerprint density at radius 2 is 2.12 bits per heavy atom. The van der Waals surface area contributed by atoms with Gasteiger partial charge in [-0.25, -0.2) is 0 Å². The molecule has 136 valence electrons. The molecule has 0 saturated carbocycles. The average molecular weight is 428 g/mol. The molecule has 3 rings (SSSR count). The number of ether oxygens (including phenoxy) is 1. The summed E-state index contributed by atoms with van der Waals surface area (Å²) in [5.41, 5.74) is 0.739. The van der Waals surface area contributed by atoms with E-state index in [0.29, 0.717) is 43.9 Å². The number of rotatable bonds is 6. The molecule has 1 aromatic carbocycles. The Bertz CT molecular complexity index is 879. The molecule has 26 heavy (non-hydrogen) atoms. The molecule has 0 spiro atoms. The highest BCUT2D eigenvalue weighted by Crippen LogP contribution is 2.35. The Balaban J connectivity index is 1.78. The third-order valence-electron chi connectivity index (χ3n) is 3.70. The highest BCUT2D eigenvalue weighted by atomic mass is 35.5. The predicted octanol–water partition coefficient (Wildman–Crippen LogP) is 5.49. The van der Waals surface area contributed by atoms with Gasteiger partial charge in [-0.1, -0.05) is 47.2 Å². The maximum Gasteiger partial charge on any atom is 0.266 e. The molecule has 0 radical (unpaired) electrons. The van der Waals surface area contributed by atoms with E-state index in [1.54, 1.807) is 48.4 Å². The maximum absolute atomic E-state index is 12.5. The fraction of sp³-hybridized carbons (Fsp3) is 0.222. The van der Waals surface area contributed by atoms with Crippen molar-refractivity contribution in [1.82, 2.24) is 4.90 Å². The summed E-state index contributed by atoms with van der Waals surface area (Å²) < 4.78 is 11.4. The molecule has 1 aliphatic heterocycles. The number of carbonyl (C=O) groups excluding carboxylic acids is 1. The smallest absolute Gasteiger partial charge is 0.266 e. The van der Waals surface area contributed by atoms with E-state index in [9.17, 15) is 4.79 Å². The summed E-state index contributed by atoms with van der Waals surface area (Å²) in [5.74, 6) is 1.05. The van der Waals surface area contributed by atoms with Crippen LogP contribution in [0.15, 0.2) is 39.7 Å². The molecule has 0 atom stereocenters. The normalized spacial score (nSPS) is 16.1. The van der Waals surface area contributed by atoms with Gasteiger partial charge in [-0.15, -0.1) is 0 Å². The minimum Gasteiger partial charge on any atom is -0.457 e. The molecule has 1 saturated heterocycles. The van der Waals surface area contributed by atoms with Crippen LogP contribution in [0.4, 0.5) is 0 Å². The van der Waals surface area contributed by atoms with Gasteiger partial charge < -0.3 is 9.15 Å². The third-order valence-corrected chi connectivity index (χ3v) is 5.63. The van der Waals surface area contributed by atoms with Crippen LogP contribution in [0.25, 0.3) is 17.4 Å². The SMILES string of the molecule is COCCCN1C(=O)C(=Cc2ccc(-c3ccc(Cl)cc3Cl)o2)SC1=S. The Morgan fingerprint density at radius 3 is 2.85 bits per heavy atom. The molecule has 1 aliphatic rings. The van der Waals surface area contributed by atoms with Gasteiger partial charge in [-0.05, 0) is 36.8 Å². The first-order valence-electron chi connectivity index (χ1n) is 7.79. The standard InChI is InChI=1S/C18H15Cl2NO3S2/c1-23-8-2-7-21-17(22)16(26-18(21)25)10-12-4-6-15(24-12)13-5-3-11(19)9-14(13)20/h3-6,9-10H,2,7-8H2,1H3. The molecule has 1 amide bonds. The summed E-state index contributed by atoms with van der Waals surface area (Å²) in [4.78, 5) is 14.6. The van der Waals surface area contributed by atoms with E-state index in [0.717, 1.165) is 12.0 Å². The van der Waals surface area contributed by atoms with Crippen molar-refractivity contribution in [3.05, 3.63) is 51.0 Å². The highest BCUT2D eigenvalue weighted by molar-refractivity contribution is 8.26. The number of furan rings is 1. The molecule has 1 fully saturated rings. The lowest BCUT2D eigenvalue weighted by Crippen LogP contribution is -2.29. The van der Waals surface area contributed by atoms with Crippen molar-refractivity contribution in [2.45, 2.75) is 6.42 Å². The predicted molar refractivity (Wildman–Crippen MR) is 111 cm³/mol. The van der Waals surface area contributed by atoms with E-state index in [-0.39, 0.29) is 5.91 Å². The second-order valence-corrected chi connectivity index (χ2v) is 8.03. The largest absolute Gasteiger partial charge is 0.457 e. The second-order valence-electron chi connectivity index (χ2n) is 5.51. The average Bonchev–Trinajstić information content (AvgIpc) is 3.15. The molecule has 0 aliphatic carbocycles. The quantitative estimate of drug-likeness (QED) is 0.346. The van der Waals surface area contributed by atoms with Crippen molar-refractivity contribution in [1.29, 1.82) is 0 Å². The zero-order chi connectivity index (χ0) is 18.7. The molecular formula is C18H15Cl2NO3S2. The number of benzene rings is 1. The van der Waals surface area contributed by atoms with E-state index < -0.39 is 0 Å². The Kier molecular flexibility index (Phi) is 6.42. The number of methoxy groups -OCH3 is 1. The first-order chi connectivity index (χ1) is 12.5. The molecule has 2 aromatic rings. The fourth-order valence-electron chi connectivity index (χ4n) is 2.45. The molecule has 2 heterocycles. The van der Waals surface area contributed by atoms with Crippen LogP contribution in [-0.4, -0.2) is 35.4 Å². The van der Waals surface area contributed by atoms with Crippen molar-refractivity contribution in [2.75, 3.05) is 20.3 Å². The number of carbonyl (C=O) groups is 1. The lowest BCUT2D eigenvalue weighted by molar-refractivity contribution is -0.122. The zero-order valence-corrected chi connectivity index (χ0v) is 17.0. The Hall–Kier alpha value is -1.31. The van der Waals surface area contributed by atoms with Gasteiger partial charge in [0.1, 0.15) is 15.8 Å². The van der Waals surface area contributed by atoms with Crippen molar-refractivity contribution < 1.29 is 13.9 Å². The zero-order valence-electron chi connectivity index (χ0n) is 13.8. The number of thiocarbonyl (C=S) groups is 1. The molecule has 0 N–H and O–H groups in total. The topological polar surface area (TPSA) is 42.7 Å². The van der Waals surface area contributed by atoms with Crippen molar-refractivity contribution in [3.8, 4) is 11.3 Å². The number of hydrogen-bond acceptors (Lipinski definition) is 5. The summed E-state index contributed by atoms with van der Waals surface area (Å²) in [6, 6.07) is 8.79. The van der Waals surface area contributed by atoms with E-state index in [4.69, 9.17) is 44.6 Å². The number of amides is 1. The van der Waals surface area contributed by atoms with Crippen molar-refractivity contribution >= 4 is 63.5 Å². The van der Waals surface area contributed by atoms with Crippen molar-refractivity contribution in [2.24, 2.45) is 0 Å². The number of hydrogen-bond donors (Lipinski definition) is 0. The molecule has 0 unspecified atom stereocenters. The molecule has 4 nitrogen and oxygen atoms in total. The van der Waals surface area contributed by atoms with E-state index >= 15 is 0 Å². The van der Waals surface area contributed by atoms with Crippen molar-refractivity contribution in [3.63, 3.8) is 0 Å². The maximum atomic E-state index is 12.5. The van der Waals surface area contributed by atoms with Crippen LogP contribution in [0.3, 0.4) is 0 Å². The number of halogens is 2. The van der Waals surface area contributed by atoms with Gasteiger partial charge in [-0.3, -0.25) is 9.69 Å². The Labute approximate surface area is 171 Å². The van der Waals surface area contributed by atoms with Gasteiger partial charge in [0.25, 0.3) is 5.91 Å². The van der Waals surface area contributed by atoms with E-state index in [1.165, 1.54) is 11.8 Å². The van der Waals surface area contributed by atoms with Gasteiger partial charge in [0.15, 0.2) is 0 Å². The van der Waals surface area contributed by atoms with Crippen LogP contribution in [-0.2, 0) is 9.53 Å². The summed E-state index contributed by atoms with van der Waals surface area (Å²) in [7, 11) is 1.63. The number of thioether (sulfide) groups is 1. The van der Waals surface area contributed by atoms with Crippen LogP contribution in [0, 0.1) is 0 Å². The van der Waals surface area contributed by atoms with Crippen LogP contribution < -0.4 is 0 Å². The first-order valence-corrected chi connectivity index (χ1v) is 9.77. The van der Waals surface area contributed by atoms with E-state index in [1.807, 2.05) is 0 Å².